The van der Waals surface area contributed by atoms with Crippen LogP contribution in [-0.2, 0) is 61.6 Å². The molecule has 14 heteroatoms. The molecule has 326 valence electrons. The van der Waals surface area contributed by atoms with Crippen LogP contribution in [0.1, 0.15) is 84.0 Å². The number of aliphatic hydroxyl groups is 1. The molecule has 0 aliphatic rings. The minimum Gasteiger partial charge on any atom is -0.394 e. The second-order valence-corrected chi connectivity index (χ2v) is 12.6. The Morgan fingerprint density at radius 1 is 0.204 bits per heavy atom. The summed E-state index contributed by atoms with van der Waals surface area (Å²) in [5.41, 5.74) is 0. The van der Waals surface area contributed by atoms with Gasteiger partial charge in [-0.25, -0.2) is 0 Å². The van der Waals surface area contributed by atoms with E-state index in [1.165, 1.54) is 70.6 Å². The van der Waals surface area contributed by atoms with Crippen molar-refractivity contribution in [3.05, 3.63) is 0 Å². The van der Waals surface area contributed by atoms with Gasteiger partial charge in [-0.1, -0.05) is 77.6 Å². The van der Waals surface area contributed by atoms with E-state index in [-0.39, 0.29) is 6.61 Å². The number of ether oxygens (including phenoxy) is 13. The summed E-state index contributed by atoms with van der Waals surface area (Å²) in [5, 5.41) is 8.59. The van der Waals surface area contributed by atoms with E-state index in [0.29, 0.717) is 165 Å². The summed E-state index contributed by atoms with van der Waals surface area (Å²) in [6.07, 6.45) is 16.3. The molecule has 0 aliphatic heterocycles. The van der Waals surface area contributed by atoms with Crippen molar-refractivity contribution in [2.45, 2.75) is 84.0 Å². The number of hydrogen-bond donors (Lipinski definition) is 1. The molecule has 54 heavy (non-hydrogen) atoms. The van der Waals surface area contributed by atoms with Crippen molar-refractivity contribution >= 4 is 0 Å². The highest BCUT2D eigenvalue weighted by atomic mass is 16.6. The Morgan fingerprint density at radius 2 is 0.370 bits per heavy atom. The predicted octanol–water partition coefficient (Wildman–Crippen LogP) is 4.90. The van der Waals surface area contributed by atoms with Gasteiger partial charge in [0.15, 0.2) is 0 Å². The topological polar surface area (TPSA) is 140 Å². The van der Waals surface area contributed by atoms with E-state index in [1.54, 1.807) is 0 Å². The van der Waals surface area contributed by atoms with Crippen molar-refractivity contribution in [1.82, 2.24) is 0 Å². The van der Waals surface area contributed by atoms with Gasteiger partial charge in [0.05, 0.1) is 172 Å². The summed E-state index contributed by atoms with van der Waals surface area (Å²) in [5.74, 6) is 0. The minimum atomic E-state index is 0.0257. The third-order valence-corrected chi connectivity index (χ3v) is 7.84. The van der Waals surface area contributed by atoms with Crippen molar-refractivity contribution in [1.29, 1.82) is 0 Å². The lowest BCUT2D eigenvalue weighted by Gasteiger charge is -2.09. The lowest BCUT2D eigenvalue weighted by Crippen LogP contribution is -2.15. The van der Waals surface area contributed by atoms with Crippen LogP contribution in [0.25, 0.3) is 0 Å². The van der Waals surface area contributed by atoms with Gasteiger partial charge in [-0.3, -0.25) is 0 Å². The van der Waals surface area contributed by atoms with Gasteiger partial charge in [-0.15, -0.1) is 0 Å². The minimum absolute atomic E-state index is 0.0257. The smallest absolute Gasteiger partial charge is 0.0701 e. The van der Waals surface area contributed by atoms with Gasteiger partial charge in [0.2, 0.25) is 0 Å². The van der Waals surface area contributed by atoms with Crippen molar-refractivity contribution in [2.75, 3.05) is 178 Å². The molecule has 0 spiro atoms. The molecule has 0 fully saturated rings. The summed E-state index contributed by atoms with van der Waals surface area (Å²) in [7, 11) is 0. The first kappa shape index (κ1) is 53.4. The predicted molar refractivity (Wildman–Crippen MR) is 209 cm³/mol. The van der Waals surface area contributed by atoms with Crippen LogP contribution >= 0.6 is 0 Å². The highest BCUT2D eigenvalue weighted by Crippen LogP contribution is 2.12. The molecule has 0 aliphatic carbocycles. The summed E-state index contributed by atoms with van der Waals surface area (Å²) in [6, 6.07) is 0. The van der Waals surface area contributed by atoms with Crippen LogP contribution in [0.4, 0.5) is 0 Å². The molecule has 0 rings (SSSR count). The fraction of sp³-hybridized carbons (Fsp3) is 1.00. The van der Waals surface area contributed by atoms with Gasteiger partial charge < -0.3 is 66.7 Å². The molecule has 1 N–H and O–H groups in total. The van der Waals surface area contributed by atoms with Crippen LogP contribution in [0.15, 0.2) is 0 Å². The molecular weight excluding hydrogens is 704 g/mol. The Morgan fingerprint density at radius 3 is 0.574 bits per heavy atom. The quantitative estimate of drug-likeness (QED) is 0.0837. The molecule has 0 amide bonds. The third-order valence-electron chi connectivity index (χ3n) is 7.84. The number of unbranched alkanes of at least 4 members (excludes halogenated alkanes) is 11. The lowest BCUT2D eigenvalue weighted by atomic mass is 10.1. The zero-order chi connectivity index (χ0) is 38.8. The zero-order valence-corrected chi connectivity index (χ0v) is 34.3. The Balaban J connectivity index is 3.05. The maximum Gasteiger partial charge on any atom is 0.0701 e. The van der Waals surface area contributed by atoms with Gasteiger partial charge in [0.25, 0.3) is 0 Å². The first-order valence-electron chi connectivity index (χ1n) is 21.0. The SMILES string of the molecule is CCCCCCCCCCCCCCOCCOCCOCCOCCOCCOCCOCCOCCOCCOCCOCCOCCOCCO. The fourth-order valence-corrected chi connectivity index (χ4v) is 4.85. The highest BCUT2D eigenvalue weighted by Gasteiger charge is 1.98. The lowest BCUT2D eigenvalue weighted by molar-refractivity contribution is -0.0292. The summed E-state index contributed by atoms with van der Waals surface area (Å²) < 4.78 is 71.1. The average Bonchev–Trinajstić information content (AvgIpc) is 3.18. The van der Waals surface area contributed by atoms with Crippen LogP contribution in [0, 0.1) is 0 Å². The monoisotopic (exact) mass is 787 g/mol. The summed E-state index contributed by atoms with van der Waals surface area (Å²) in [4.78, 5) is 0. The molecular formula is C40H82O14. The molecule has 0 aromatic heterocycles. The van der Waals surface area contributed by atoms with Crippen molar-refractivity contribution in [3.8, 4) is 0 Å². The maximum atomic E-state index is 8.59. The van der Waals surface area contributed by atoms with Crippen molar-refractivity contribution in [2.24, 2.45) is 0 Å². The van der Waals surface area contributed by atoms with Gasteiger partial charge in [-0.2, -0.15) is 0 Å². The van der Waals surface area contributed by atoms with Gasteiger partial charge in [0, 0.05) is 6.61 Å². The second kappa shape index (κ2) is 52.4. The first-order chi connectivity index (χ1) is 26.9. The Kier molecular flexibility index (Phi) is 51.9. The Labute approximate surface area is 328 Å². The van der Waals surface area contributed by atoms with Gasteiger partial charge in [-0.05, 0) is 6.42 Å². The number of rotatable bonds is 51. The number of aliphatic hydroxyl groups excluding tert-OH is 1. The zero-order valence-electron chi connectivity index (χ0n) is 34.3. The van der Waals surface area contributed by atoms with E-state index in [0.717, 1.165) is 13.0 Å². The normalized spacial score (nSPS) is 11.7. The molecule has 0 atom stereocenters. The number of hydrogen-bond acceptors (Lipinski definition) is 14. The van der Waals surface area contributed by atoms with E-state index in [2.05, 4.69) is 6.92 Å². The highest BCUT2D eigenvalue weighted by molar-refractivity contribution is 4.49. The molecule has 14 nitrogen and oxygen atoms in total. The van der Waals surface area contributed by atoms with E-state index < -0.39 is 0 Å². The van der Waals surface area contributed by atoms with Gasteiger partial charge >= 0.3 is 0 Å². The van der Waals surface area contributed by atoms with E-state index in [4.69, 9.17) is 66.7 Å². The molecule has 0 heterocycles. The first-order valence-corrected chi connectivity index (χ1v) is 21.0. The standard InChI is InChI=1S/C40H82O14/c1-2-3-4-5-6-7-8-9-10-11-12-13-15-42-17-19-44-21-23-46-25-27-48-29-31-50-33-35-52-37-39-54-40-38-53-36-34-51-32-30-49-28-26-47-24-22-45-20-18-43-16-14-41/h41H,2-40H2,1H3. The summed E-state index contributed by atoms with van der Waals surface area (Å²) >= 11 is 0. The Bertz CT molecular complexity index is 585. The maximum absolute atomic E-state index is 8.59. The molecule has 0 aromatic carbocycles. The van der Waals surface area contributed by atoms with Crippen molar-refractivity contribution < 1.29 is 66.7 Å². The summed E-state index contributed by atoms with van der Waals surface area (Å²) in [6.45, 7) is 16.0. The van der Waals surface area contributed by atoms with Crippen LogP contribution in [0.2, 0.25) is 0 Å². The fourth-order valence-electron chi connectivity index (χ4n) is 4.85. The Hall–Kier alpha value is -0.560. The average molecular weight is 787 g/mol. The molecule has 0 saturated carbocycles. The molecule has 0 saturated heterocycles. The van der Waals surface area contributed by atoms with E-state index >= 15 is 0 Å². The molecule has 0 bridgehead atoms. The molecule has 0 unspecified atom stereocenters. The van der Waals surface area contributed by atoms with Crippen LogP contribution in [-0.4, -0.2) is 183 Å². The van der Waals surface area contributed by atoms with Crippen molar-refractivity contribution in [3.63, 3.8) is 0 Å². The molecule has 0 aromatic rings. The van der Waals surface area contributed by atoms with Crippen LogP contribution in [0.3, 0.4) is 0 Å². The third kappa shape index (κ3) is 51.4. The molecule has 0 radical (unpaired) electrons. The van der Waals surface area contributed by atoms with Crippen LogP contribution in [0.5, 0.6) is 0 Å². The van der Waals surface area contributed by atoms with Gasteiger partial charge in [0.1, 0.15) is 0 Å². The van der Waals surface area contributed by atoms with E-state index in [9.17, 15) is 0 Å². The largest absolute Gasteiger partial charge is 0.394 e. The van der Waals surface area contributed by atoms with E-state index in [1.807, 2.05) is 0 Å². The second-order valence-electron chi connectivity index (χ2n) is 12.6. The van der Waals surface area contributed by atoms with Crippen LogP contribution < -0.4 is 0 Å².